The van der Waals surface area contributed by atoms with Crippen LogP contribution < -0.4 is 0 Å². The van der Waals surface area contributed by atoms with E-state index in [1.54, 1.807) is 9.13 Å². The van der Waals surface area contributed by atoms with Crippen LogP contribution in [0, 0.1) is 13.8 Å². The van der Waals surface area contributed by atoms with E-state index in [4.69, 9.17) is 0 Å². The fourth-order valence-electron chi connectivity index (χ4n) is 5.28. The van der Waals surface area contributed by atoms with Crippen molar-refractivity contribution in [3.8, 4) is 11.8 Å². The zero-order chi connectivity index (χ0) is 30.2. The molecule has 222 valence electrons. The summed E-state index contributed by atoms with van der Waals surface area (Å²) in [5.41, 5.74) is 4.47. The molecule has 0 fully saturated rings. The Morgan fingerprint density at radius 2 is 1.02 bits per heavy atom. The van der Waals surface area contributed by atoms with Crippen LogP contribution in [0.15, 0.2) is 56.9 Å². The van der Waals surface area contributed by atoms with E-state index in [2.05, 4.69) is 20.5 Å². The van der Waals surface area contributed by atoms with Gasteiger partial charge in [-0.3, -0.25) is 9.59 Å². The van der Waals surface area contributed by atoms with Gasteiger partial charge in [0.1, 0.15) is 0 Å². The molecule has 0 bridgehead atoms. The second kappa shape index (κ2) is 14.0. The van der Waals surface area contributed by atoms with Crippen LogP contribution in [0.3, 0.4) is 0 Å². The number of carbonyl (C=O) groups is 2. The van der Waals surface area contributed by atoms with Gasteiger partial charge >= 0.3 is 0 Å². The van der Waals surface area contributed by atoms with E-state index in [0.29, 0.717) is 50.1 Å². The van der Waals surface area contributed by atoms with E-state index < -0.39 is 0 Å². The summed E-state index contributed by atoms with van der Waals surface area (Å²) >= 11 is 0. The Balaban J connectivity index is 1.16. The lowest BCUT2D eigenvalue weighted by molar-refractivity contribution is -0.119. The van der Waals surface area contributed by atoms with Crippen LogP contribution >= 0.6 is 0 Å². The fraction of sp³-hybridized carbons (Fsp3) is 0.438. The van der Waals surface area contributed by atoms with Gasteiger partial charge in [-0.25, -0.2) is 0 Å². The molecule has 2 heterocycles. The zero-order valence-electron chi connectivity index (χ0n) is 24.9. The number of aryl methyl sites for hydroxylation is 4. The highest BCUT2D eigenvalue weighted by Crippen LogP contribution is 2.40. The van der Waals surface area contributed by atoms with Crippen LogP contribution in [-0.2, 0) is 22.7 Å². The monoisotopic (exact) mass is 572 g/mol. The maximum Gasteiger partial charge on any atom is 0.264 e. The highest BCUT2D eigenvalue weighted by molar-refractivity contribution is 5.96. The number of unbranched alkanes of at least 4 members (excludes halogenated alkanes) is 5. The molecule has 4 aromatic rings. The van der Waals surface area contributed by atoms with Crippen LogP contribution in [0.4, 0.5) is 11.4 Å². The van der Waals surface area contributed by atoms with Crippen molar-refractivity contribution in [3.63, 3.8) is 0 Å². The number of amides is 2. The molecule has 2 aromatic heterocycles. The van der Waals surface area contributed by atoms with Crippen LogP contribution in [0.2, 0.25) is 0 Å². The Morgan fingerprint density at radius 1 is 0.643 bits per heavy atom. The molecule has 0 spiro atoms. The Labute approximate surface area is 245 Å². The predicted octanol–water partition coefficient (Wildman–Crippen LogP) is 8.71. The lowest BCUT2D eigenvalue weighted by atomic mass is 10.1. The Kier molecular flexibility index (Phi) is 10.2. The highest BCUT2D eigenvalue weighted by atomic mass is 16.3. The van der Waals surface area contributed by atoms with E-state index in [1.165, 1.54) is 0 Å². The normalized spacial score (nSPS) is 12.0. The number of hydrogen-bond donors (Lipinski definition) is 2. The second-order valence-electron chi connectivity index (χ2n) is 10.7. The summed E-state index contributed by atoms with van der Waals surface area (Å²) in [7, 11) is 0. The molecule has 2 N–H and O–H groups in total. The first-order valence-corrected chi connectivity index (χ1v) is 14.8. The largest absolute Gasteiger partial charge is 0.493 e. The first kappa shape index (κ1) is 30.6. The lowest BCUT2D eigenvalue weighted by Gasteiger charge is -2.01. The van der Waals surface area contributed by atoms with Gasteiger partial charge in [0, 0.05) is 36.7 Å². The van der Waals surface area contributed by atoms with Crippen molar-refractivity contribution in [3.05, 3.63) is 47.5 Å². The van der Waals surface area contributed by atoms with Gasteiger partial charge in [0.25, 0.3) is 11.8 Å². The van der Waals surface area contributed by atoms with Crippen LogP contribution in [0.25, 0.3) is 21.8 Å². The van der Waals surface area contributed by atoms with Crippen LogP contribution in [0.1, 0.15) is 76.3 Å². The zero-order valence-corrected chi connectivity index (χ0v) is 24.9. The predicted molar refractivity (Wildman–Crippen MR) is 164 cm³/mol. The quantitative estimate of drug-likeness (QED) is 0.122. The summed E-state index contributed by atoms with van der Waals surface area (Å²) in [6.07, 6.45) is 5.69. The molecule has 42 heavy (non-hydrogen) atoms. The summed E-state index contributed by atoms with van der Waals surface area (Å²) < 4.78 is 3.50. The van der Waals surface area contributed by atoms with Crippen molar-refractivity contribution < 1.29 is 19.8 Å². The van der Waals surface area contributed by atoms with Gasteiger partial charge in [-0.05, 0) is 64.8 Å². The summed E-state index contributed by atoms with van der Waals surface area (Å²) in [5, 5.41) is 38.6. The van der Waals surface area contributed by atoms with Crippen molar-refractivity contribution >= 4 is 45.0 Å². The lowest BCUT2D eigenvalue weighted by Crippen LogP contribution is -1.93. The van der Waals surface area contributed by atoms with Crippen molar-refractivity contribution in [2.45, 2.75) is 92.2 Å². The van der Waals surface area contributed by atoms with Crippen LogP contribution in [0.5, 0.6) is 11.8 Å². The van der Waals surface area contributed by atoms with E-state index in [1.807, 2.05) is 64.1 Å². The fourth-order valence-corrected chi connectivity index (χ4v) is 5.28. The number of fused-ring (bicyclic) bond motifs is 2. The molecule has 0 aliphatic heterocycles. The maximum atomic E-state index is 12.3. The molecule has 2 amide bonds. The van der Waals surface area contributed by atoms with E-state index in [9.17, 15) is 19.8 Å². The van der Waals surface area contributed by atoms with Gasteiger partial charge in [0.15, 0.2) is 11.4 Å². The standard InChI is InChI=1S/C32H40N6O4/c1-5-37-25-17-15-21(3)19-23(25)29(31(37)41)35-33-27(39)13-11-9-7-8-10-12-14-28(40)34-36-30-24-20-22(4)16-18-26(24)38(6-2)32(30)42/h15-20,41-42H,5-14H2,1-4H3. The van der Waals surface area contributed by atoms with Crippen molar-refractivity contribution in [2.75, 3.05) is 0 Å². The number of azo groups is 2. The molecule has 0 aliphatic rings. The third kappa shape index (κ3) is 6.92. The molecule has 0 saturated heterocycles. The molecule has 0 radical (unpaired) electrons. The number of hydrogen-bond acceptors (Lipinski definition) is 6. The third-order valence-electron chi connectivity index (χ3n) is 7.52. The molecule has 0 aliphatic carbocycles. The van der Waals surface area contributed by atoms with Gasteiger partial charge in [0.2, 0.25) is 11.8 Å². The number of carbonyl (C=O) groups excluding carboxylic acids is 2. The molecule has 10 nitrogen and oxygen atoms in total. The number of aromatic hydroxyl groups is 2. The summed E-state index contributed by atoms with van der Waals surface area (Å²) in [6.45, 7) is 8.99. The Morgan fingerprint density at radius 3 is 1.40 bits per heavy atom. The highest BCUT2D eigenvalue weighted by Gasteiger charge is 2.17. The molecular formula is C32H40N6O4. The molecule has 10 heteroatoms. The van der Waals surface area contributed by atoms with Crippen molar-refractivity contribution in [2.24, 2.45) is 20.5 Å². The first-order valence-electron chi connectivity index (χ1n) is 14.8. The molecule has 0 atom stereocenters. The van der Waals surface area contributed by atoms with E-state index in [0.717, 1.165) is 58.6 Å². The van der Waals surface area contributed by atoms with Gasteiger partial charge in [0.05, 0.1) is 11.0 Å². The number of rotatable bonds is 13. The average molecular weight is 573 g/mol. The first-order chi connectivity index (χ1) is 20.2. The molecule has 0 saturated carbocycles. The Hall–Kier alpha value is -4.34. The van der Waals surface area contributed by atoms with Gasteiger partial charge < -0.3 is 19.3 Å². The summed E-state index contributed by atoms with van der Waals surface area (Å²) in [6, 6.07) is 11.7. The minimum atomic E-state index is -0.307. The van der Waals surface area contributed by atoms with Gasteiger partial charge in [-0.2, -0.15) is 0 Å². The topological polar surface area (TPSA) is 134 Å². The minimum absolute atomic E-state index is 0.0203. The number of aromatic nitrogens is 2. The smallest absolute Gasteiger partial charge is 0.264 e. The third-order valence-corrected chi connectivity index (χ3v) is 7.52. The number of nitrogens with zero attached hydrogens (tertiary/aromatic N) is 6. The molecule has 4 rings (SSSR count). The molecular weight excluding hydrogens is 532 g/mol. The Bertz CT molecular complexity index is 1520. The van der Waals surface area contributed by atoms with Crippen molar-refractivity contribution in [1.82, 2.24) is 9.13 Å². The maximum absolute atomic E-state index is 12.3. The van der Waals surface area contributed by atoms with Crippen molar-refractivity contribution in [1.29, 1.82) is 0 Å². The number of benzene rings is 2. The average Bonchev–Trinajstić information content (AvgIpc) is 3.39. The van der Waals surface area contributed by atoms with Gasteiger partial charge in [-0.1, -0.05) is 48.9 Å². The van der Waals surface area contributed by atoms with Gasteiger partial charge in [-0.15, -0.1) is 20.5 Å². The SMILES string of the molecule is CCn1c(O)c(N=NC(=O)CCCCCCCCC(=O)N=Nc2c(O)n(CC)c3ccc(C)cc23)c2cc(C)ccc21. The van der Waals surface area contributed by atoms with E-state index in [-0.39, 0.29) is 23.6 Å². The summed E-state index contributed by atoms with van der Waals surface area (Å²) in [5.74, 6) is -0.573. The second-order valence-corrected chi connectivity index (χ2v) is 10.7. The summed E-state index contributed by atoms with van der Waals surface area (Å²) in [4.78, 5) is 24.6. The molecule has 2 aromatic carbocycles. The van der Waals surface area contributed by atoms with E-state index >= 15 is 0 Å². The minimum Gasteiger partial charge on any atom is -0.493 e. The molecule has 0 unspecified atom stereocenters. The van der Waals surface area contributed by atoms with Crippen LogP contribution in [-0.4, -0.2) is 31.2 Å².